The van der Waals surface area contributed by atoms with Crippen molar-refractivity contribution in [3.63, 3.8) is 0 Å². The van der Waals surface area contributed by atoms with E-state index in [9.17, 15) is 0 Å². The number of nitrogens with zero attached hydrogens (tertiary/aromatic N) is 3. The summed E-state index contributed by atoms with van der Waals surface area (Å²) < 4.78 is 0. The Labute approximate surface area is 105 Å². The van der Waals surface area contributed by atoms with E-state index in [0.717, 1.165) is 28.8 Å². The first-order valence-corrected chi connectivity index (χ1v) is 6.16. The van der Waals surface area contributed by atoms with Crippen molar-refractivity contribution in [1.29, 1.82) is 5.26 Å². The Balaban J connectivity index is 1.99. The van der Waals surface area contributed by atoms with Crippen LogP contribution < -0.4 is 10.6 Å². The number of nitrogen functional groups attached to an aromatic ring is 1. The number of nitrogens with one attached hydrogen (secondary N) is 1. The molecular weight excluding hydrogens is 226 g/mol. The number of aromatic amines is 1. The second-order valence-corrected chi connectivity index (χ2v) is 4.70. The van der Waals surface area contributed by atoms with Gasteiger partial charge in [0.2, 0.25) is 0 Å². The Morgan fingerprint density at radius 2 is 2.33 bits per heavy atom. The van der Waals surface area contributed by atoms with Crippen LogP contribution in [-0.4, -0.2) is 22.8 Å². The van der Waals surface area contributed by atoms with Crippen molar-refractivity contribution in [2.24, 2.45) is 0 Å². The lowest BCUT2D eigenvalue weighted by Gasteiger charge is -2.25. The molecule has 5 heteroatoms. The van der Waals surface area contributed by atoms with Crippen molar-refractivity contribution >= 4 is 22.3 Å². The van der Waals surface area contributed by atoms with Gasteiger partial charge >= 0.3 is 0 Å². The van der Waals surface area contributed by atoms with E-state index in [1.165, 1.54) is 12.8 Å². The highest BCUT2D eigenvalue weighted by Gasteiger charge is 2.30. The normalized spacial score (nSPS) is 14.6. The maximum Gasteiger partial charge on any atom is 0.0672 e. The van der Waals surface area contributed by atoms with Gasteiger partial charge in [-0.05, 0) is 25.0 Å². The molecule has 5 nitrogen and oxygen atoms in total. The monoisotopic (exact) mass is 241 g/mol. The highest BCUT2D eigenvalue weighted by molar-refractivity contribution is 5.89. The third-order valence-corrected chi connectivity index (χ3v) is 3.35. The number of rotatable bonds is 4. The number of hydrogen-bond acceptors (Lipinski definition) is 4. The van der Waals surface area contributed by atoms with E-state index < -0.39 is 0 Å². The van der Waals surface area contributed by atoms with Crippen molar-refractivity contribution < 1.29 is 0 Å². The van der Waals surface area contributed by atoms with Crippen LogP contribution >= 0.6 is 0 Å². The maximum atomic E-state index is 8.75. The number of nitrogens with two attached hydrogens (primary N) is 1. The minimum absolute atomic E-state index is 0.525. The second-order valence-electron chi connectivity index (χ2n) is 4.70. The van der Waals surface area contributed by atoms with Crippen LogP contribution in [-0.2, 0) is 0 Å². The van der Waals surface area contributed by atoms with E-state index in [2.05, 4.69) is 21.2 Å². The van der Waals surface area contributed by atoms with Gasteiger partial charge in [-0.1, -0.05) is 0 Å². The van der Waals surface area contributed by atoms with Crippen LogP contribution in [0.4, 0.5) is 11.4 Å². The summed E-state index contributed by atoms with van der Waals surface area (Å²) in [4.78, 5) is 2.25. The van der Waals surface area contributed by atoms with Crippen LogP contribution in [0.15, 0.2) is 18.3 Å². The molecule has 1 heterocycles. The van der Waals surface area contributed by atoms with Crippen LogP contribution in [0, 0.1) is 11.3 Å². The minimum atomic E-state index is 0.525. The SMILES string of the molecule is N#CCCN(c1cc2[nH]ncc2cc1N)C1CC1. The topological polar surface area (TPSA) is 81.7 Å². The van der Waals surface area contributed by atoms with Gasteiger partial charge in [-0.2, -0.15) is 10.4 Å². The average Bonchev–Trinajstić information content (AvgIpc) is 3.09. The lowest BCUT2D eigenvalue weighted by atomic mass is 10.2. The van der Waals surface area contributed by atoms with Crippen LogP contribution in [0.1, 0.15) is 19.3 Å². The Morgan fingerprint density at radius 1 is 1.50 bits per heavy atom. The van der Waals surface area contributed by atoms with E-state index in [4.69, 9.17) is 11.0 Å². The van der Waals surface area contributed by atoms with Gasteiger partial charge in [0.25, 0.3) is 0 Å². The van der Waals surface area contributed by atoms with Crippen molar-refractivity contribution in [3.05, 3.63) is 18.3 Å². The number of benzene rings is 1. The van der Waals surface area contributed by atoms with Crippen LogP contribution in [0.2, 0.25) is 0 Å². The molecule has 92 valence electrons. The molecule has 0 amide bonds. The lowest BCUT2D eigenvalue weighted by molar-refractivity contribution is 0.795. The molecule has 2 aromatic rings. The molecule has 3 N–H and O–H groups in total. The van der Waals surface area contributed by atoms with E-state index >= 15 is 0 Å². The van der Waals surface area contributed by atoms with Gasteiger partial charge < -0.3 is 10.6 Å². The van der Waals surface area contributed by atoms with Gasteiger partial charge in [0, 0.05) is 18.0 Å². The molecule has 0 radical (unpaired) electrons. The van der Waals surface area contributed by atoms with Crippen molar-refractivity contribution in [2.75, 3.05) is 17.2 Å². The van der Waals surface area contributed by atoms with Gasteiger partial charge in [-0.3, -0.25) is 5.10 Å². The fraction of sp³-hybridized carbons (Fsp3) is 0.385. The summed E-state index contributed by atoms with van der Waals surface area (Å²) in [6.07, 6.45) is 4.67. The quantitative estimate of drug-likeness (QED) is 0.802. The smallest absolute Gasteiger partial charge is 0.0672 e. The molecule has 0 atom stereocenters. The molecule has 0 saturated heterocycles. The maximum absolute atomic E-state index is 8.75. The largest absolute Gasteiger partial charge is 0.397 e. The number of hydrogen-bond donors (Lipinski definition) is 2. The first-order chi connectivity index (χ1) is 8.79. The Morgan fingerprint density at radius 3 is 3.06 bits per heavy atom. The molecule has 1 aliphatic carbocycles. The molecule has 1 fully saturated rings. The molecule has 1 aromatic heterocycles. The van der Waals surface area contributed by atoms with Gasteiger partial charge in [0.15, 0.2) is 0 Å². The van der Waals surface area contributed by atoms with Gasteiger partial charge in [-0.25, -0.2) is 0 Å². The number of fused-ring (bicyclic) bond motifs is 1. The van der Waals surface area contributed by atoms with Crippen LogP contribution in [0.25, 0.3) is 10.9 Å². The van der Waals surface area contributed by atoms with Crippen LogP contribution in [0.5, 0.6) is 0 Å². The summed E-state index contributed by atoms with van der Waals surface area (Å²) in [5, 5.41) is 16.7. The van der Waals surface area contributed by atoms with Crippen LogP contribution in [0.3, 0.4) is 0 Å². The Kier molecular flexibility index (Phi) is 2.56. The average molecular weight is 241 g/mol. The van der Waals surface area contributed by atoms with E-state index in [-0.39, 0.29) is 0 Å². The zero-order valence-electron chi connectivity index (χ0n) is 10.1. The number of anilines is 2. The minimum Gasteiger partial charge on any atom is -0.397 e. The van der Waals surface area contributed by atoms with E-state index in [0.29, 0.717) is 12.5 Å². The summed E-state index contributed by atoms with van der Waals surface area (Å²) in [6, 6.07) is 6.72. The molecule has 18 heavy (non-hydrogen) atoms. The molecule has 0 unspecified atom stereocenters. The molecule has 3 rings (SSSR count). The zero-order chi connectivity index (χ0) is 12.5. The third kappa shape index (κ3) is 1.86. The van der Waals surface area contributed by atoms with Crippen molar-refractivity contribution in [2.45, 2.75) is 25.3 Å². The standard InChI is InChI=1S/C13H15N5/c14-4-1-5-18(10-2-3-10)13-7-12-9(6-11(13)15)8-16-17-12/h6-8,10H,1-3,5,15H2,(H,16,17). The molecule has 1 aromatic carbocycles. The highest BCUT2D eigenvalue weighted by Crippen LogP contribution is 2.36. The molecule has 0 aliphatic heterocycles. The summed E-state index contributed by atoms with van der Waals surface area (Å²) in [5.41, 5.74) is 8.88. The fourth-order valence-electron chi connectivity index (χ4n) is 2.30. The third-order valence-electron chi connectivity index (χ3n) is 3.35. The van der Waals surface area contributed by atoms with Gasteiger partial charge in [0.05, 0.1) is 35.6 Å². The molecular formula is C13H15N5. The van der Waals surface area contributed by atoms with Crippen molar-refractivity contribution in [3.8, 4) is 6.07 Å². The summed E-state index contributed by atoms with van der Waals surface area (Å²) >= 11 is 0. The predicted octanol–water partition coefficient (Wildman–Crippen LogP) is 2.03. The fourth-order valence-corrected chi connectivity index (χ4v) is 2.30. The molecule has 0 spiro atoms. The molecule has 0 bridgehead atoms. The number of aromatic nitrogens is 2. The van der Waals surface area contributed by atoms with Gasteiger partial charge in [0.1, 0.15) is 0 Å². The molecule has 1 saturated carbocycles. The first kappa shape index (κ1) is 10.9. The Bertz CT molecular complexity index is 605. The van der Waals surface area contributed by atoms with Gasteiger partial charge in [-0.15, -0.1) is 0 Å². The summed E-state index contributed by atoms with van der Waals surface area (Å²) in [7, 11) is 0. The zero-order valence-corrected chi connectivity index (χ0v) is 10.1. The first-order valence-electron chi connectivity index (χ1n) is 6.16. The lowest BCUT2D eigenvalue weighted by Crippen LogP contribution is -2.27. The highest BCUT2D eigenvalue weighted by atomic mass is 15.2. The summed E-state index contributed by atoms with van der Waals surface area (Å²) in [6.45, 7) is 0.741. The summed E-state index contributed by atoms with van der Waals surface area (Å²) in [5.74, 6) is 0. The Hall–Kier alpha value is -2.22. The van der Waals surface area contributed by atoms with Crippen molar-refractivity contribution in [1.82, 2.24) is 10.2 Å². The van der Waals surface area contributed by atoms with E-state index in [1.807, 2.05) is 12.1 Å². The van der Waals surface area contributed by atoms with E-state index in [1.54, 1.807) is 6.20 Å². The molecule has 1 aliphatic rings. The number of H-pyrrole nitrogens is 1. The number of nitriles is 1. The predicted molar refractivity (Wildman–Crippen MR) is 71.1 cm³/mol. The second kappa shape index (κ2) is 4.22.